The molecule has 0 aliphatic carbocycles. The fourth-order valence-corrected chi connectivity index (χ4v) is 2.52. The Hall–Kier alpha value is -0.0800. The molecule has 2 nitrogen and oxygen atoms in total. The van der Waals surface area contributed by atoms with Crippen LogP contribution in [-0.4, -0.2) is 32.1 Å². The molecule has 0 aromatic rings. The summed E-state index contributed by atoms with van der Waals surface area (Å²) in [5.41, 5.74) is 5.48. The first-order chi connectivity index (χ1) is 9.27. The number of unbranched alkanes of at least 4 members (excludes halogenated alkanes) is 12. The molecule has 0 atom stereocenters. The Morgan fingerprint density at radius 3 is 1.16 bits per heavy atom. The van der Waals surface area contributed by atoms with Gasteiger partial charge in [-0.25, -0.2) is 0 Å². The van der Waals surface area contributed by atoms with Crippen molar-refractivity contribution in [1.29, 1.82) is 0 Å². The molecule has 0 radical (unpaired) electrons. The van der Waals surface area contributed by atoms with Crippen LogP contribution in [0.1, 0.15) is 83.5 Å². The van der Waals surface area contributed by atoms with Gasteiger partial charge in [-0.3, -0.25) is 0 Å². The van der Waals surface area contributed by atoms with E-state index in [1.807, 2.05) is 0 Å². The highest BCUT2D eigenvalue weighted by Crippen LogP contribution is 2.12. The quantitative estimate of drug-likeness (QED) is 0.441. The van der Waals surface area contributed by atoms with Crippen LogP contribution in [-0.2, 0) is 0 Å². The third-order valence-corrected chi connectivity index (χ3v) is 3.81. The van der Waals surface area contributed by atoms with Crippen LogP contribution < -0.4 is 5.73 Å². The zero-order valence-electron chi connectivity index (χ0n) is 13.6. The van der Waals surface area contributed by atoms with E-state index in [-0.39, 0.29) is 0 Å². The van der Waals surface area contributed by atoms with Crippen molar-refractivity contribution in [2.24, 2.45) is 5.73 Å². The second-order valence-electron chi connectivity index (χ2n) is 6.19. The molecular formula is C17H38N2. The lowest BCUT2D eigenvalue weighted by Crippen LogP contribution is -2.12. The first-order valence-corrected chi connectivity index (χ1v) is 8.62. The van der Waals surface area contributed by atoms with Crippen molar-refractivity contribution in [2.45, 2.75) is 83.5 Å². The third kappa shape index (κ3) is 17.9. The zero-order chi connectivity index (χ0) is 14.2. The molecule has 0 bridgehead atoms. The van der Waals surface area contributed by atoms with Gasteiger partial charge in [-0.15, -0.1) is 0 Å². The van der Waals surface area contributed by atoms with Gasteiger partial charge in [0.05, 0.1) is 0 Å². The summed E-state index contributed by atoms with van der Waals surface area (Å²) in [6.45, 7) is 2.12. The van der Waals surface area contributed by atoms with Gasteiger partial charge in [0.1, 0.15) is 0 Å². The minimum atomic E-state index is 0.870. The van der Waals surface area contributed by atoms with Gasteiger partial charge in [-0.1, -0.05) is 70.6 Å². The van der Waals surface area contributed by atoms with E-state index < -0.39 is 0 Å². The van der Waals surface area contributed by atoms with Gasteiger partial charge >= 0.3 is 0 Å². The summed E-state index contributed by atoms with van der Waals surface area (Å²) in [6, 6.07) is 0. The molecule has 19 heavy (non-hydrogen) atoms. The molecule has 0 saturated carbocycles. The van der Waals surface area contributed by atoms with Gasteiger partial charge in [0.15, 0.2) is 0 Å². The van der Waals surface area contributed by atoms with Crippen molar-refractivity contribution in [3.63, 3.8) is 0 Å². The molecule has 0 spiro atoms. The number of rotatable bonds is 15. The van der Waals surface area contributed by atoms with E-state index in [2.05, 4.69) is 19.0 Å². The Morgan fingerprint density at radius 2 is 0.842 bits per heavy atom. The van der Waals surface area contributed by atoms with Crippen LogP contribution in [0.3, 0.4) is 0 Å². The molecule has 2 heteroatoms. The minimum absolute atomic E-state index is 0.870. The van der Waals surface area contributed by atoms with Crippen molar-refractivity contribution >= 4 is 0 Å². The maximum Gasteiger partial charge on any atom is -0.00248 e. The zero-order valence-corrected chi connectivity index (χ0v) is 13.6. The van der Waals surface area contributed by atoms with Crippen LogP contribution >= 0.6 is 0 Å². The summed E-state index contributed by atoms with van der Waals surface area (Å²) in [7, 11) is 4.33. The predicted molar refractivity (Wildman–Crippen MR) is 87.6 cm³/mol. The summed E-state index contributed by atoms with van der Waals surface area (Å²) in [6.07, 6.45) is 18.3. The second kappa shape index (κ2) is 16.0. The molecule has 0 rings (SSSR count). The summed E-state index contributed by atoms with van der Waals surface area (Å²) in [5.74, 6) is 0. The molecular weight excluding hydrogens is 232 g/mol. The smallest absolute Gasteiger partial charge is 0.00248 e. The lowest BCUT2D eigenvalue weighted by molar-refractivity contribution is 0.389. The predicted octanol–water partition coefficient (Wildman–Crippen LogP) is 4.58. The minimum Gasteiger partial charge on any atom is -0.330 e. The lowest BCUT2D eigenvalue weighted by Gasteiger charge is -2.08. The topological polar surface area (TPSA) is 29.3 Å². The van der Waals surface area contributed by atoms with Crippen LogP contribution in [0.15, 0.2) is 0 Å². The normalized spacial score (nSPS) is 11.4. The first kappa shape index (κ1) is 18.9. The van der Waals surface area contributed by atoms with Crippen LogP contribution in [0.4, 0.5) is 0 Å². The number of hydrogen-bond acceptors (Lipinski definition) is 2. The van der Waals surface area contributed by atoms with Crippen molar-refractivity contribution in [2.75, 3.05) is 27.2 Å². The molecule has 0 fully saturated rings. The Morgan fingerprint density at radius 1 is 0.526 bits per heavy atom. The van der Waals surface area contributed by atoms with Crippen molar-refractivity contribution < 1.29 is 0 Å². The molecule has 0 amide bonds. The maximum absolute atomic E-state index is 5.48. The van der Waals surface area contributed by atoms with Gasteiger partial charge in [-0.05, 0) is 40.0 Å². The van der Waals surface area contributed by atoms with Crippen molar-refractivity contribution in [3.05, 3.63) is 0 Å². The molecule has 2 N–H and O–H groups in total. The summed E-state index contributed by atoms with van der Waals surface area (Å²) in [5, 5.41) is 0. The van der Waals surface area contributed by atoms with Crippen molar-refractivity contribution in [3.8, 4) is 0 Å². The number of hydrogen-bond donors (Lipinski definition) is 1. The van der Waals surface area contributed by atoms with Gasteiger partial charge < -0.3 is 10.6 Å². The molecule has 0 heterocycles. The Balaban J connectivity index is 2.91. The van der Waals surface area contributed by atoms with E-state index >= 15 is 0 Å². The second-order valence-corrected chi connectivity index (χ2v) is 6.19. The third-order valence-electron chi connectivity index (χ3n) is 3.81. The molecule has 0 aromatic carbocycles. The number of nitrogens with zero attached hydrogens (tertiary/aromatic N) is 1. The molecule has 116 valence electrons. The highest BCUT2D eigenvalue weighted by molar-refractivity contribution is 4.50. The summed E-state index contributed by atoms with van der Waals surface area (Å²) >= 11 is 0. The highest BCUT2D eigenvalue weighted by atomic mass is 15.0. The van der Waals surface area contributed by atoms with Crippen LogP contribution in [0.2, 0.25) is 0 Å². The molecule has 0 aromatic heterocycles. The number of nitrogens with two attached hydrogens (primary N) is 1. The van der Waals surface area contributed by atoms with E-state index in [0.29, 0.717) is 0 Å². The summed E-state index contributed by atoms with van der Waals surface area (Å²) in [4.78, 5) is 2.29. The van der Waals surface area contributed by atoms with Gasteiger partial charge in [-0.2, -0.15) is 0 Å². The standard InChI is InChI=1S/C17H38N2/c1-19(2)17-15-13-11-9-7-5-3-4-6-8-10-12-14-16-18/h3-18H2,1-2H3. The monoisotopic (exact) mass is 270 g/mol. The average molecular weight is 271 g/mol. The van der Waals surface area contributed by atoms with E-state index in [4.69, 9.17) is 5.73 Å². The lowest BCUT2D eigenvalue weighted by atomic mass is 10.0. The van der Waals surface area contributed by atoms with Gasteiger partial charge in [0.25, 0.3) is 0 Å². The van der Waals surface area contributed by atoms with E-state index in [1.54, 1.807) is 0 Å². The van der Waals surface area contributed by atoms with Gasteiger partial charge in [0.2, 0.25) is 0 Å². The van der Waals surface area contributed by atoms with E-state index in [9.17, 15) is 0 Å². The fraction of sp³-hybridized carbons (Fsp3) is 1.00. The molecule has 0 aliphatic rings. The van der Waals surface area contributed by atoms with Crippen LogP contribution in [0.5, 0.6) is 0 Å². The highest BCUT2D eigenvalue weighted by Gasteiger charge is 1.94. The maximum atomic E-state index is 5.48. The fourth-order valence-electron chi connectivity index (χ4n) is 2.52. The largest absolute Gasteiger partial charge is 0.330 e. The van der Waals surface area contributed by atoms with Crippen molar-refractivity contribution in [1.82, 2.24) is 4.90 Å². The van der Waals surface area contributed by atoms with E-state index in [0.717, 1.165) is 6.54 Å². The summed E-state index contributed by atoms with van der Waals surface area (Å²) < 4.78 is 0. The Kier molecular flexibility index (Phi) is 15.9. The first-order valence-electron chi connectivity index (χ1n) is 8.62. The Labute approximate surface area is 122 Å². The molecule has 0 unspecified atom stereocenters. The Bertz CT molecular complexity index is 157. The average Bonchev–Trinajstić information content (AvgIpc) is 2.39. The van der Waals surface area contributed by atoms with Crippen LogP contribution in [0.25, 0.3) is 0 Å². The molecule has 0 aliphatic heterocycles. The van der Waals surface area contributed by atoms with E-state index in [1.165, 1.54) is 90.0 Å². The van der Waals surface area contributed by atoms with Gasteiger partial charge in [0, 0.05) is 0 Å². The SMILES string of the molecule is CN(C)CCCCCCCCCCCCCCCN. The molecule has 0 saturated heterocycles. The van der Waals surface area contributed by atoms with Crippen LogP contribution in [0, 0.1) is 0 Å².